The minimum absolute atomic E-state index is 0.156. The summed E-state index contributed by atoms with van der Waals surface area (Å²) in [6.45, 7) is 1.76. The summed E-state index contributed by atoms with van der Waals surface area (Å²) in [6.07, 6.45) is 3.26. The maximum Gasteiger partial charge on any atom is 0.291 e. The van der Waals surface area contributed by atoms with E-state index in [1.165, 1.54) is 15.9 Å². The van der Waals surface area contributed by atoms with Crippen LogP contribution in [0.2, 0.25) is 0 Å². The summed E-state index contributed by atoms with van der Waals surface area (Å²) in [5.74, 6) is 1.26. The first-order chi connectivity index (χ1) is 7.74. The molecule has 3 aromatic rings. The standard InChI is InChI=1S/C10H7N3O2S/c1-6-11-10-13(12-6)9(14)8(16-10)5-7-3-2-4-15-7/h2-5H,1H3/b8-5-. The van der Waals surface area contributed by atoms with Gasteiger partial charge in [0.05, 0.1) is 6.26 Å². The van der Waals surface area contributed by atoms with Crippen molar-refractivity contribution in [2.24, 2.45) is 0 Å². The van der Waals surface area contributed by atoms with Gasteiger partial charge in [-0.05, 0) is 19.1 Å². The molecule has 0 amide bonds. The second kappa shape index (κ2) is 3.28. The average Bonchev–Trinajstić information content (AvgIpc) is 2.90. The van der Waals surface area contributed by atoms with E-state index in [9.17, 15) is 4.79 Å². The minimum Gasteiger partial charge on any atom is -0.465 e. The number of aryl methyl sites for hydroxylation is 1. The lowest BCUT2D eigenvalue weighted by molar-refractivity contribution is 0.556. The summed E-state index contributed by atoms with van der Waals surface area (Å²) in [6, 6.07) is 3.57. The maximum absolute atomic E-state index is 11.9. The zero-order valence-corrected chi connectivity index (χ0v) is 9.19. The van der Waals surface area contributed by atoms with Crippen LogP contribution in [0.5, 0.6) is 0 Å². The maximum atomic E-state index is 11.9. The molecule has 5 nitrogen and oxygen atoms in total. The zero-order chi connectivity index (χ0) is 11.1. The van der Waals surface area contributed by atoms with Gasteiger partial charge in [-0.1, -0.05) is 11.3 Å². The third-order valence-corrected chi connectivity index (χ3v) is 3.06. The van der Waals surface area contributed by atoms with E-state index in [0.717, 1.165) is 0 Å². The first-order valence-electron chi connectivity index (χ1n) is 4.65. The molecule has 6 heteroatoms. The molecule has 16 heavy (non-hydrogen) atoms. The van der Waals surface area contributed by atoms with E-state index in [1.807, 2.05) is 0 Å². The molecule has 0 spiro atoms. The fourth-order valence-electron chi connectivity index (χ4n) is 1.43. The van der Waals surface area contributed by atoms with Gasteiger partial charge in [-0.2, -0.15) is 4.52 Å². The molecular weight excluding hydrogens is 226 g/mol. The smallest absolute Gasteiger partial charge is 0.291 e. The van der Waals surface area contributed by atoms with Gasteiger partial charge in [0.25, 0.3) is 5.56 Å². The van der Waals surface area contributed by atoms with E-state index < -0.39 is 0 Å². The van der Waals surface area contributed by atoms with Crippen molar-refractivity contribution in [3.63, 3.8) is 0 Å². The zero-order valence-electron chi connectivity index (χ0n) is 8.38. The van der Waals surface area contributed by atoms with E-state index in [2.05, 4.69) is 10.1 Å². The van der Waals surface area contributed by atoms with Crippen molar-refractivity contribution in [2.75, 3.05) is 0 Å². The van der Waals surface area contributed by atoms with E-state index in [1.54, 1.807) is 31.4 Å². The number of nitrogens with zero attached hydrogens (tertiary/aromatic N) is 3. The van der Waals surface area contributed by atoms with Crippen LogP contribution in [0.3, 0.4) is 0 Å². The van der Waals surface area contributed by atoms with Crippen LogP contribution in [0, 0.1) is 6.92 Å². The van der Waals surface area contributed by atoms with Gasteiger partial charge in [-0.25, -0.2) is 4.98 Å². The second-order valence-corrected chi connectivity index (χ2v) is 4.29. The van der Waals surface area contributed by atoms with Crippen LogP contribution in [0.1, 0.15) is 11.6 Å². The normalized spacial score (nSPS) is 12.7. The summed E-state index contributed by atoms with van der Waals surface area (Å²) in [5, 5.41) is 4.02. The number of hydrogen-bond acceptors (Lipinski definition) is 5. The highest BCUT2D eigenvalue weighted by molar-refractivity contribution is 7.15. The Bertz CT molecular complexity index is 739. The Morgan fingerprint density at radius 2 is 2.44 bits per heavy atom. The van der Waals surface area contributed by atoms with Gasteiger partial charge >= 0.3 is 0 Å². The Kier molecular flexibility index (Phi) is 1.90. The molecule has 0 aromatic carbocycles. The van der Waals surface area contributed by atoms with Crippen LogP contribution in [-0.2, 0) is 0 Å². The molecule has 0 fully saturated rings. The van der Waals surface area contributed by atoms with E-state index in [-0.39, 0.29) is 5.56 Å². The molecule has 0 radical (unpaired) electrons. The average molecular weight is 233 g/mol. The summed E-state index contributed by atoms with van der Waals surface area (Å²) >= 11 is 1.30. The van der Waals surface area contributed by atoms with Crippen molar-refractivity contribution < 1.29 is 4.42 Å². The molecule has 0 saturated heterocycles. The minimum atomic E-state index is -0.156. The first-order valence-corrected chi connectivity index (χ1v) is 5.47. The molecule has 3 rings (SSSR count). The van der Waals surface area contributed by atoms with Crippen molar-refractivity contribution in [3.05, 3.63) is 44.9 Å². The lowest BCUT2D eigenvalue weighted by Gasteiger charge is -1.78. The van der Waals surface area contributed by atoms with E-state index >= 15 is 0 Å². The van der Waals surface area contributed by atoms with Gasteiger partial charge < -0.3 is 4.42 Å². The Balaban J connectivity index is 2.29. The van der Waals surface area contributed by atoms with Crippen LogP contribution >= 0.6 is 11.3 Å². The molecule has 0 aliphatic heterocycles. The van der Waals surface area contributed by atoms with Crippen LogP contribution < -0.4 is 10.1 Å². The summed E-state index contributed by atoms with van der Waals surface area (Å²) in [4.78, 5) is 16.6. The second-order valence-electron chi connectivity index (χ2n) is 3.28. The number of furan rings is 1. The Hall–Kier alpha value is -1.95. The highest BCUT2D eigenvalue weighted by Crippen LogP contribution is 2.03. The van der Waals surface area contributed by atoms with Gasteiger partial charge in [0.15, 0.2) is 0 Å². The molecule has 0 saturated carbocycles. The van der Waals surface area contributed by atoms with Gasteiger partial charge in [0, 0.05) is 6.08 Å². The van der Waals surface area contributed by atoms with Gasteiger partial charge in [0.2, 0.25) is 4.96 Å². The topological polar surface area (TPSA) is 60.4 Å². The van der Waals surface area contributed by atoms with Crippen molar-refractivity contribution in [2.45, 2.75) is 6.92 Å². The molecule has 0 aliphatic rings. The number of hydrogen-bond donors (Lipinski definition) is 0. The van der Waals surface area contributed by atoms with Gasteiger partial charge in [0.1, 0.15) is 16.1 Å². The fraction of sp³-hybridized carbons (Fsp3) is 0.100. The van der Waals surface area contributed by atoms with Crippen molar-refractivity contribution in [1.29, 1.82) is 0 Å². The van der Waals surface area contributed by atoms with Crippen LogP contribution in [0.25, 0.3) is 11.0 Å². The lowest BCUT2D eigenvalue weighted by Crippen LogP contribution is -2.23. The number of fused-ring (bicyclic) bond motifs is 1. The fourth-order valence-corrected chi connectivity index (χ4v) is 2.37. The van der Waals surface area contributed by atoms with Crippen LogP contribution in [0.15, 0.2) is 27.6 Å². The molecule has 3 heterocycles. The Morgan fingerprint density at radius 1 is 1.56 bits per heavy atom. The summed E-state index contributed by atoms with van der Waals surface area (Å²) < 4.78 is 7.04. The number of thiazole rings is 1. The van der Waals surface area contributed by atoms with Crippen LogP contribution in [-0.4, -0.2) is 14.6 Å². The highest BCUT2D eigenvalue weighted by Gasteiger charge is 2.07. The molecule has 80 valence electrons. The summed E-state index contributed by atoms with van der Waals surface area (Å²) in [5.41, 5.74) is -0.156. The molecule has 0 bridgehead atoms. The lowest BCUT2D eigenvalue weighted by atomic mass is 10.4. The van der Waals surface area contributed by atoms with Gasteiger partial charge in [-0.15, -0.1) is 5.10 Å². The first kappa shape index (κ1) is 9.29. The largest absolute Gasteiger partial charge is 0.465 e. The third kappa shape index (κ3) is 1.35. The predicted molar refractivity (Wildman–Crippen MR) is 59.4 cm³/mol. The Labute approximate surface area is 93.7 Å². The molecule has 0 aliphatic carbocycles. The predicted octanol–water partition coefficient (Wildman–Crippen LogP) is 0.600. The SMILES string of the molecule is Cc1nc2s/c(=C\c3ccco3)c(=O)n2n1. The molecular formula is C10H7N3O2S. The van der Waals surface area contributed by atoms with Crippen LogP contribution in [0.4, 0.5) is 0 Å². The number of rotatable bonds is 1. The molecule has 3 aromatic heterocycles. The Morgan fingerprint density at radius 3 is 3.12 bits per heavy atom. The van der Waals surface area contributed by atoms with Crippen molar-refractivity contribution in [3.8, 4) is 0 Å². The molecule has 0 atom stereocenters. The van der Waals surface area contributed by atoms with E-state index in [0.29, 0.717) is 21.1 Å². The third-order valence-electron chi connectivity index (χ3n) is 2.10. The van der Waals surface area contributed by atoms with Gasteiger partial charge in [-0.3, -0.25) is 4.79 Å². The summed E-state index contributed by atoms with van der Waals surface area (Å²) in [7, 11) is 0. The molecule has 0 unspecified atom stereocenters. The molecule has 0 N–H and O–H groups in total. The monoisotopic (exact) mass is 233 g/mol. The quantitative estimate of drug-likeness (QED) is 0.617. The number of aromatic nitrogens is 3. The van der Waals surface area contributed by atoms with Crippen molar-refractivity contribution in [1.82, 2.24) is 14.6 Å². The highest BCUT2D eigenvalue weighted by atomic mass is 32.1. The van der Waals surface area contributed by atoms with E-state index in [4.69, 9.17) is 4.42 Å². The van der Waals surface area contributed by atoms with Crippen molar-refractivity contribution >= 4 is 22.4 Å².